The smallest absolute Gasteiger partial charge is 0.0133 e. The van der Waals surface area contributed by atoms with Crippen LogP contribution in [-0.4, -0.2) is 37.1 Å². The molecule has 2 aliphatic carbocycles. The van der Waals surface area contributed by atoms with E-state index in [1.54, 1.807) is 0 Å². The first-order valence-electron chi connectivity index (χ1n) is 7.60. The minimum absolute atomic E-state index is 0.636. The zero-order valence-corrected chi connectivity index (χ0v) is 11.9. The topological polar surface area (TPSA) is 15.3 Å². The Labute approximate surface area is 107 Å². The summed E-state index contributed by atoms with van der Waals surface area (Å²) >= 11 is 0. The Balaban J connectivity index is 1.69. The van der Waals surface area contributed by atoms with E-state index in [1.165, 1.54) is 51.6 Å². The van der Waals surface area contributed by atoms with Crippen molar-refractivity contribution in [1.82, 2.24) is 10.2 Å². The zero-order valence-electron chi connectivity index (χ0n) is 11.9. The largest absolute Gasteiger partial charge is 0.314 e. The molecule has 0 heterocycles. The van der Waals surface area contributed by atoms with Crippen LogP contribution < -0.4 is 5.32 Å². The van der Waals surface area contributed by atoms with E-state index in [1.807, 2.05) is 0 Å². The van der Waals surface area contributed by atoms with Crippen LogP contribution in [0.2, 0.25) is 0 Å². The lowest BCUT2D eigenvalue weighted by Crippen LogP contribution is -2.50. The number of hydrogen-bond acceptors (Lipinski definition) is 2. The predicted octanol–water partition coefficient (Wildman–Crippen LogP) is 2.89. The lowest BCUT2D eigenvalue weighted by molar-refractivity contribution is 0.0704. The molecule has 2 unspecified atom stereocenters. The Morgan fingerprint density at radius 2 is 1.82 bits per heavy atom. The van der Waals surface area contributed by atoms with Gasteiger partial charge in [0.15, 0.2) is 0 Å². The fraction of sp³-hybridized carbons (Fsp3) is 1.00. The third-order valence-corrected chi connectivity index (χ3v) is 4.75. The first kappa shape index (κ1) is 13.4. The van der Waals surface area contributed by atoms with Crippen molar-refractivity contribution in [3.63, 3.8) is 0 Å². The molecule has 0 aromatic heterocycles. The SMILES string of the molecule is CC(C)NCC1CCC1N(C)CC1CCCC1. The van der Waals surface area contributed by atoms with E-state index >= 15 is 0 Å². The van der Waals surface area contributed by atoms with Crippen molar-refractivity contribution >= 4 is 0 Å². The summed E-state index contributed by atoms with van der Waals surface area (Å²) in [6, 6.07) is 1.50. The lowest BCUT2D eigenvalue weighted by atomic mass is 9.78. The standard InChI is InChI=1S/C15H30N2/c1-12(2)16-10-14-8-9-15(14)17(3)11-13-6-4-5-7-13/h12-16H,4-11H2,1-3H3. The molecule has 17 heavy (non-hydrogen) atoms. The molecular formula is C15H30N2. The van der Waals surface area contributed by atoms with Gasteiger partial charge in [0.1, 0.15) is 0 Å². The van der Waals surface area contributed by atoms with Crippen molar-refractivity contribution in [2.45, 2.75) is 64.5 Å². The van der Waals surface area contributed by atoms with Crippen molar-refractivity contribution < 1.29 is 0 Å². The van der Waals surface area contributed by atoms with Crippen molar-refractivity contribution in [1.29, 1.82) is 0 Å². The molecule has 0 saturated heterocycles. The monoisotopic (exact) mass is 238 g/mol. The fourth-order valence-corrected chi connectivity index (χ4v) is 3.49. The molecular weight excluding hydrogens is 208 g/mol. The van der Waals surface area contributed by atoms with Crippen LogP contribution in [0.1, 0.15) is 52.4 Å². The summed E-state index contributed by atoms with van der Waals surface area (Å²) in [5, 5.41) is 3.60. The molecule has 2 rings (SSSR count). The summed E-state index contributed by atoms with van der Waals surface area (Å²) < 4.78 is 0. The highest BCUT2D eigenvalue weighted by atomic mass is 15.1. The first-order chi connectivity index (χ1) is 8.16. The van der Waals surface area contributed by atoms with Gasteiger partial charge in [0.05, 0.1) is 0 Å². The molecule has 0 amide bonds. The maximum Gasteiger partial charge on any atom is 0.0133 e. The normalized spacial score (nSPS) is 30.2. The maximum atomic E-state index is 3.60. The quantitative estimate of drug-likeness (QED) is 0.765. The third-order valence-electron chi connectivity index (χ3n) is 4.75. The van der Waals surface area contributed by atoms with Crippen LogP contribution in [0.15, 0.2) is 0 Å². The van der Waals surface area contributed by atoms with Crippen molar-refractivity contribution in [2.24, 2.45) is 11.8 Å². The van der Waals surface area contributed by atoms with Crippen molar-refractivity contribution in [3.05, 3.63) is 0 Å². The number of hydrogen-bond donors (Lipinski definition) is 1. The maximum absolute atomic E-state index is 3.60. The number of nitrogens with zero attached hydrogens (tertiary/aromatic N) is 1. The van der Waals surface area contributed by atoms with Gasteiger partial charge in [-0.15, -0.1) is 0 Å². The van der Waals surface area contributed by atoms with Gasteiger partial charge in [0.2, 0.25) is 0 Å². The van der Waals surface area contributed by atoms with E-state index in [-0.39, 0.29) is 0 Å². The highest BCUT2D eigenvalue weighted by molar-refractivity contribution is 4.90. The lowest BCUT2D eigenvalue weighted by Gasteiger charge is -2.44. The molecule has 2 fully saturated rings. The van der Waals surface area contributed by atoms with Crippen LogP contribution >= 0.6 is 0 Å². The first-order valence-corrected chi connectivity index (χ1v) is 7.60. The zero-order chi connectivity index (χ0) is 12.3. The Kier molecular flexibility index (Phi) is 4.87. The van der Waals surface area contributed by atoms with Gasteiger partial charge in [-0.05, 0) is 51.1 Å². The van der Waals surface area contributed by atoms with Crippen molar-refractivity contribution in [2.75, 3.05) is 20.1 Å². The molecule has 2 saturated carbocycles. The Hall–Kier alpha value is -0.0800. The van der Waals surface area contributed by atoms with Crippen LogP contribution in [0.4, 0.5) is 0 Å². The van der Waals surface area contributed by atoms with E-state index in [9.17, 15) is 0 Å². The molecule has 0 bridgehead atoms. The molecule has 2 atom stereocenters. The Bertz CT molecular complexity index is 221. The van der Waals surface area contributed by atoms with Gasteiger partial charge in [-0.2, -0.15) is 0 Å². The van der Waals surface area contributed by atoms with E-state index < -0.39 is 0 Å². The molecule has 0 radical (unpaired) electrons. The predicted molar refractivity (Wildman–Crippen MR) is 74.2 cm³/mol. The summed E-state index contributed by atoms with van der Waals surface area (Å²) in [6.07, 6.45) is 8.76. The second-order valence-corrected chi connectivity index (χ2v) is 6.56. The minimum Gasteiger partial charge on any atom is -0.314 e. The van der Waals surface area contributed by atoms with Crippen LogP contribution in [-0.2, 0) is 0 Å². The molecule has 0 spiro atoms. The average Bonchev–Trinajstić information content (AvgIpc) is 2.68. The summed E-state index contributed by atoms with van der Waals surface area (Å²) in [5.74, 6) is 1.91. The van der Waals surface area contributed by atoms with Crippen LogP contribution in [0.5, 0.6) is 0 Å². The molecule has 0 aromatic rings. The molecule has 0 aromatic carbocycles. The summed E-state index contributed by atoms with van der Waals surface area (Å²) in [5.41, 5.74) is 0. The number of rotatable bonds is 6. The van der Waals surface area contributed by atoms with Gasteiger partial charge >= 0.3 is 0 Å². The van der Waals surface area contributed by atoms with E-state index in [0.717, 1.165) is 17.9 Å². The van der Waals surface area contributed by atoms with Crippen LogP contribution in [0.25, 0.3) is 0 Å². The second kappa shape index (κ2) is 6.19. The molecule has 2 nitrogen and oxygen atoms in total. The highest BCUT2D eigenvalue weighted by Crippen LogP contribution is 2.33. The van der Waals surface area contributed by atoms with Gasteiger partial charge < -0.3 is 10.2 Å². The Morgan fingerprint density at radius 1 is 1.12 bits per heavy atom. The third kappa shape index (κ3) is 3.69. The fourth-order valence-electron chi connectivity index (χ4n) is 3.49. The van der Waals surface area contributed by atoms with E-state index in [4.69, 9.17) is 0 Å². The van der Waals surface area contributed by atoms with Crippen molar-refractivity contribution in [3.8, 4) is 0 Å². The summed E-state index contributed by atoms with van der Waals surface area (Å²) in [6.45, 7) is 7.06. The minimum atomic E-state index is 0.636. The second-order valence-electron chi connectivity index (χ2n) is 6.56. The van der Waals surface area contributed by atoms with E-state index in [0.29, 0.717) is 6.04 Å². The van der Waals surface area contributed by atoms with Gasteiger partial charge in [0.25, 0.3) is 0 Å². The molecule has 100 valence electrons. The van der Waals surface area contributed by atoms with Gasteiger partial charge in [-0.1, -0.05) is 26.7 Å². The summed E-state index contributed by atoms with van der Waals surface area (Å²) in [4.78, 5) is 2.66. The van der Waals surface area contributed by atoms with Crippen LogP contribution in [0, 0.1) is 11.8 Å². The molecule has 2 aliphatic rings. The van der Waals surface area contributed by atoms with Gasteiger partial charge in [0, 0.05) is 18.6 Å². The highest BCUT2D eigenvalue weighted by Gasteiger charge is 2.34. The van der Waals surface area contributed by atoms with E-state index in [2.05, 4.69) is 31.1 Å². The molecule has 1 N–H and O–H groups in total. The van der Waals surface area contributed by atoms with Gasteiger partial charge in [-0.3, -0.25) is 0 Å². The average molecular weight is 238 g/mol. The molecule has 2 heteroatoms. The summed E-state index contributed by atoms with van der Waals surface area (Å²) in [7, 11) is 2.35. The molecule has 0 aliphatic heterocycles. The van der Waals surface area contributed by atoms with Crippen LogP contribution in [0.3, 0.4) is 0 Å². The number of nitrogens with one attached hydrogen (secondary N) is 1. The Morgan fingerprint density at radius 3 is 2.35 bits per heavy atom. The van der Waals surface area contributed by atoms with Gasteiger partial charge in [-0.25, -0.2) is 0 Å².